The SMILES string of the molecule is COc1cc(Nc2ccnc(Nc3ccccc3Cl)n2)c(OC)cc1Cl. The summed E-state index contributed by atoms with van der Waals surface area (Å²) in [6.45, 7) is 0. The predicted molar refractivity (Wildman–Crippen MR) is 105 cm³/mol. The van der Waals surface area contributed by atoms with Crippen LogP contribution in [0.25, 0.3) is 0 Å². The van der Waals surface area contributed by atoms with Gasteiger partial charge in [-0.15, -0.1) is 0 Å². The van der Waals surface area contributed by atoms with Gasteiger partial charge in [0.25, 0.3) is 0 Å². The fourth-order valence-corrected chi connectivity index (χ4v) is 2.68. The highest BCUT2D eigenvalue weighted by Crippen LogP contribution is 2.37. The summed E-state index contributed by atoms with van der Waals surface area (Å²) < 4.78 is 10.6. The number of hydrogen-bond donors (Lipinski definition) is 2. The van der Waals surface area contributed by atoms with Crippen molar-refractivity contribution in [2.24, 2.45) is 0 Å². The minimum absolute atomic E-state index is 0.406. The van der Waals surface area contributed by atoms with Gasteiger partial charge in [-0.2, -0.15) is 4.98 Å². The molecule has 6 nitrogen and oxygen atoms in total. The van der Waals surface area contributed by atoms with E-state index in [-0.39, 0.29) is 0 Å². The highest BCUT2D eigenvalue weighted by atomic mass is 35.5. The van der Waals surface area contributed by atoms with Crippen LogP contribution in [0.2, 0.25) is 10.0 Å². The third kappa shape index (κ3) is 4.09. The summed E-state index contributed by atoms with van der Waals surface area (Å²) in [7, 11) is 3.11. The molecule has 1 aromatic heterocycles. The Morgan fingerprint density at radius 2 is 1.62 bits per heavy atom. The highest BCUT2D eigenvalue weighted by molar-refractivity contribution is 6.33. The van der Waals surface area contributed by atoms with Crippen LogP contribution in [0, 0.1) is 0 Å². The number of rotatable bonds is 6. The van der Waals surface area contributed by atoms with Gasteiger partial charge in [0.05, 0.1) is 35.6 Å². The number of methoxy groups -OCH3 is 2. The van der Waals surface area contributed by atoms with Crippen LogP contribution in [0.4, 0.5) is 23.1 Å². The zero-order valence-electron chi connectivity index (χ0n) is 14.1. The van der Waals surface area contributed by atoms with Crippen LogP contribution in [0.1, 0.15) is 0 Å². The van der Waals surface area contributed by atoms with E-state index < -0.39 is 0 Å². The highest BCUT2D eigenvalue weighted by Gasteiger charge is 2.11. The lowest BCUT2D eigenvalue weighted by Crippen LogP contribution is -2.02. The first-order valence-corrected chi connectivity index (χ1v) is 8.39. The largest absolute Gasteiger partial charge is 0.495 e. The quantitative estimate of drug-likeness (QED) is 0.595. The Hall–Kier alpha value is -2.70. The fraction of sp³-hybridized carbons (Fsp3) is 0.111. The second-order valence-electron chi connectivity index (χ2n) is 5.18. The minimum atomic E-state index is 0.406. The average Bonchev–Trinajstić information content (AvgIpc) is 2.65. The van der Waals surface area contributed by atoms with Gasteiger partial charge in [-0.05, 0) is 18.2 Å². The van der Waals surface area contributed by atoms with Gasteiger partial charge in [-0.3, -0.25) is 0 Å². The Morgan fingerprint density at radius 3 is 2.35 bits per heavy atom. The second-order valence-corrected chi connectivity index (χ2v) is 6.00. The minimum Gasteiger partial charge on any atom is -0.495 e. The molecule has 0 aliphatic heterocycles. The third-order valence-corrected chi connectivity index (χ3v) is 4.14. The van der Waals surface area contributed by atoms with E-state index in [1.165, 1.54) is 0 Å². The van der Waals surface area contributed by atoms with Crippen molar-refractivity contribution in [3.05, 3.63) is 58.7 Å². The normalized spacial score (nSPS) is 10.3. The molecule has 2 N–H and O–H groups in total. The molecule has 0 radical (unpaired) electrons. The molecule has 0 aliphatic carbocycles. The first-order valence-electron chi connectivity index (χ1n) is 7.64. The number of aromatic nitrogens is 2. The molecule has 0 bridgehead atoms. The molecule has 0 saturated heterocycles. The van der Waals surface area contributed by atoms with Crippen molar-refractivity contribution in [3.8, 4) is 11.5 Å². The number of hydrogen-bond acceptors (Lipinski definition) is 6. The molecule has 0 unspecified atom stereocenters. The summed E-state index contributed by atoms with van der Waals surface area (Å²) in [5.41, 5.74) is 1.38. The van der Waals surface area contributed by atoms with Crippen LogP contribution in [0.5, 0.6) is 11.5 Å². The van der Waals surface area contributed by atoms with Crippen molar-refractivity contribution in [2.75, 3.05) is 24.9 Å². The number of halogens is 2. The molecule has 0 atom stereocenters. The summed E-state index contributed by atoms with van der Waals surface area (Å²) in [4.78, 5) is 8.65. The van der Waals surface area contributed by atoms with Gasteiger partial charge in [-0.25, -0.2) is 4.98 Å². The lowest BCUT2D eigenvalue weighted by atomic mass is 10.2. The van der Waals surface area contributed by atoms with E-state index in [1.54, 1.807) is 44.7 Å². The molecular formula is C18H16Cl2N4O2. The number of para-hydroxylation sites is 1. The van der Waals surface area contributed by atoms with E-state index in [1.807, 2.05) is 18.2 Å². The molecule has 0 fully saturated rings. The first-order chi connectivity index (χ1) is 12.6. The van der Waals surface area contributed by atoms with E-state index in [9.17, 15) is 0 Å². The average molecular weight is 391 g/mol. The Bertz CT molecular complexity index is 921. The van der Waals surface area contributed by atoms with E-state index in [0.29, 0.717) is 39.0 Å². The third-order valence-electron chi connectivity index (χ3n) is 3.51. The van der Waals surface area contributed by atoms with Crippen LogP contribution in [-0.2, 0) is 0 Å². The van der Waals surface area contributed by atoms with Crippen molar-refractivity contribution in [1.29, 1.82) is 0 Å². The number of anilines is 4. The van der Waals surface area contributed by atoms with E-state index in [4.69, 9.17) is 32.7 Å². The second kappa shape index (κ2) is 8.12. The van der Waals surface area contributed by atoms with Crippen LogP contribution >= 0.6 is 23.2 Å². The van der Waals surface area contributed by atoms with Gasteiger partial charge in [-0.1, -0.05) is 35.3 Å². The Labute approximate surface area is 161 Å². The number of benzene rings is 2. The standard InChI is InChI=1S/C18H16Cl2N4O2/c1-25-15-10-14(16(26-2)9-12(15)20)22-17-7-8-21-18(24-17)23-13-6-4-3-5-11(13)19/h3-10H,1-2H3,(H2,21,22,23,24). The van der Waals surface area contributed by atoms with Crippen LogP contribution in [-0.4, -0.2) is 24.2 Å². The van der Waals surface area contributed by atoms with Crippen molar-refractivity contribution in [3.63, 3.8) is 0 Å². The maximum atomic E-state index is 6.15. The van der Waals surface area contributed by atoms with E-state index in [2.05, 4.69) is 20.6 Å². The maximum Gasteiger partial charge on any atom is 0.229 e. The molecule has 3 aromatic rings. The molecule has 134 valence electrons. The van der Waals surface area contributed by atoms with Crippen molar-refractivity contribution < 1.29 is 9.47 Å². The van der Waals surface area contributed by atoms with Gasteiger partial charge in [0.15, 0.2) is 0 Å². The summed E-state index contributed by atoms with van der Waals surface area (Å²) >= 11 is 12.3. The lowest BCUT2D eigenvalue weighted by Gasteiger charge is -2.14. The molecule has 3 rings (SSSR count). The zero-order valence-corrected chi connectivity index (χ0v) is 15.6. The van der Waals surface area contributed by atoms with Crippen LogP contribution in [0.15, 0.2) is 48.7 Å². The van der Waals surface area contributed by atoms with Crippen molar-refractivity contribution in [2.45, 2.75) is 0 Å². The van der Waals surface area contributed by atoms with Gasteiger partial charge in [0.1, 0.15) is 17.3 Å². The van der Waals surface area contributed by atoms with E-state index >= 15 is 0 Å². The molecular weight excluding hydrogens is 375 g/mol. The topological polar surface area (TPSA) is 68.3 Å². The number of nitrogens with one attached hydrogen (secondary N) is 2. The Balaban J connectivity index is 1.86. The smallest absolute Gasteiger partial charge is 0.229 e. The predicted octanol–water partition coefficient (Wildman–Crippen LogP) is 5.29. The molecule has 0 saturated carbocycles. The summed E-state index contributed by atoms with van der Waals surface area (Å²) in [5, 5.41) is 7.30. The van der Waals surface area contributed by atoms with Gasteiger partial charge < -0.3 is 20.1 Å². The maximum absolute atomic E-state index is 6.15. The van der Waals surface area contributed by atoms with Crippen molar-refractivity contribution in [1.82, 2.24) is 9.97 Å². The molecule has 0 amide bonds. The first kappa shape index (κ1) is 18.1. The summed E-state index contributed by atoms with van der Waals surface area (Å²) in [6, 6.07) is 12.5. The molecule has 0 spiro atoms. The Kier molecular flexibility index (Phi) is 5.65. The molecule has 26 heavy (non-hydrogen) atoms. The molecule has 0 aliphatic rings. The molecule has 2 aromatic carbocycles. The van der Waals surface area contributed by atoms with Gasteiger partial charge in [0.2, 0.25) is 5.95 Å². The van der Waals surface area contributed by atoms with Gasteiger partial charge >= 0.3 is 0 Å². The van der Waals surface area contributed by atoms with Gasteiger partial charge in [0, 0.05) is 18.3 Å². The monoisotopic (exact) mass is 390 g/mol. The van der Waals surface area contributed by atoms with E-state index in [0.717, 1.165) is 5.69 Å². The summed E-state index contributed by atoms with van der Waals surface area (Å²) in [5.74, 6) is 2.06. The zero-order chi connectivity index (χ0) is 18.5. The summed E-state index contributed by atoms with van der Waals surface area (Å²) in [6.07, 6.45) is 1.63. The molecule has 8 heteroatoms. The molecule has 1 heterocycles. The lowest BCUT2D eigenvalue weighted by molar-refractivity contribution is 0.405. The van der Waals surface area contributed by atoms with Crippen LogP contribution in [0.3, 0.4) is 0 Å². The Morgan fingerprint density at radius 1 is 0.846 bits per heavy atom. The van der Waals surface area contributed by atoms with Crippen LogP contribution < -0.4 is 20.1 Å². The number of nitrogens with zero attached hydrogens (tertiary/aromatic N) is 2. The number of ether oxygens (including phenoxy) is 2. The van der Waals surface area contributed by atoms with Crippen molar-refractivity contribution >= 4 is 46.3 Å². The fourth-order valence-electron chi connectivity index (χ4n) is 2.27.